The van der Waals surface area contributed by atoms with E-state index in [-0.39, 0.29) is 18.6 Å². The van der Waals surface area contributed by atoms with Crippen LogP contribution in [0.15, 0.2) is 20.9 Å². The van der Waals surface area contributed by atoms with Crippen molar-refractivity contribution in [1.82, 2.24) is 9.13 Å². The van der Waals surface area contributed by atoms with Gasteiger partial charge in [0, 0.05) is 29.6 Å². The molecule has 1 aliphatic rings. The topological polar surface area (TPSA) is 122 Å². The van der Waals surface area contributed by atoms with Crippen molar-refractivity contribution in [2.24, 2.45) is 5.11 Å². The summed E-state index contributed by atoms with van der Waals surface area (Å²) in [5.74, 6) is 0. The van der Waals surface area contributed by atoms with Gasteiger partial charge in [-0.3, -0.25) is 13.9 Å². The lowest BCUT2D eigenvalue weighted by Gasteiger charge is -2.17. The molecule has 1 aromatic heterocycles. The highest BCUT2D eigenvalue weighted by atomic mass is 16.5. The number of hydrogen-bond donors (Lipinski definition) is 1. The molecule has 9 heteroatoms. The Balaban J connectivity index is 2.40. The average molecular weight is 323 g/mol. The van der Waals surface area contributed by atoms with Crippen LogP contribution in [0.25, 0.3) is 10.4 Å². The van der Waals surface area contributed by atoms with E-state index in [4.69, 9.17) is 10.3 Å². The van der Waals surface area contributed by atoms with Gasteiger partial charge in [0.05, 0.1) is 18.8 Å². The minimum atomic E-state index is -0.665. The Kier molecular flexibility index (Phi) is 5.59. The predicted octanol–water partition coefficient (Wildman–Crippen LogP) is 1.08. The molecule has 0 amide bonds. The third kappa shape index (κ3) is 3.47. The second-order valence-electron chi connectivity index (χ2n) is 5.63. The summed E-state index contributed by atoms with van der Waals surface area (Å²) in [6.45, 7) is 3.68. The van der Waals surface area contributed by atoms with Gasteiger partial charge in [0.25, 0.3) is 5.56 Å². The first kappa shape index (κ1) is 17.3. The van der Waals surface area contributed by atoms with Gasteiger partial charge < -0.3 is 9.84 Å². The van der Waals surface area contributed by atoms with E-state index in [0.29, 0.717) is 12.1 Å². The monoisotopic (exact) mass is 323 g/mol. The lowest BCUT2D eigenvalue weighted by molar-refractivity contribution is -0.0277. The molecule has 0 saturated carbocycles. The van der Waals surface area contributed by atoms with Gasteiger partial charge in [-0.2, -0.15) is 0 Å². The van der Waals surface area contributed by atoms with Gasteiger partial charge in [0.1, 0.15) is 6.23 Å². The third-order valence-corrected chi connectivity index (χ3v) is 4.00. The lowest BCUT2D eigenvalue weighted by atomic mass is 10.1. The molecule has 23 heavy (non-hydrogen) atoms. The molecule has 1 fully saturated rings. The highest BCUT2D eigenvalue weighted by Gasteiger charge is 2.36. The molecule has 0 aromatic carbocycles. The van der Waals surface area contributed by atoms with E-state index in [2.05, 4.69) is 10.0 Å². The molecule has 2 heterocycles. The van der Waals surface area contributed by atoms with Crippen LogP contribution in [0.2, 0.25) is 0 Å². The van der Waals surface area contributed by atoms with Crippen LogP contribution >= 0.6 is 0 Å². The van der Waals surface area contributed by atoms with Crippen LogP contribution in [0.4, 0.5) is 0 Å². The smallest absolute Gasteiger partial charge is 0.333 e. The van der Waals surface area contributed by atoms with Crippen molar-refractivity contribution in [2.45, 2.75) is 58.0 Å². The number of unbranched alkanes of at least 4 members (excludes halogenated alkanes) is 1. The summed E-state index contributed by atoms with van der Waals surface area (Å²) in [4.78, 5) is 27.5. The number of hydrogen-bond acceptors (Lipinski definition) is 5. The molecular formula is C14H21N5O4. The van der Waals surface area contributed by atoms with Gasteiger partial charge in [-0.15, -0.1) is 0 Å². The van der Waals surface area contributed by atoms with Crippen LogP contribution in [-0.2, 0) is 11.3 Å². The van der Waals surface area contributed by atoms with Crippen molar-refractivity contribution in [2.75, 3.05) is 6.61 Å². The molecule has 126 valence electrons. The molecule has 2 rings (SSSR count). The first-order valence-electron chi connectivity index (χ1n) is 7.66. The summed E-state index contributed by atoms with van der Waals surface area (Å²) in [5, 5.41) is 12.9. The Hall–Kier alpha value is -2.09. The number of rotatable bonds is 6. The first-order valence-corrected chi connectivity index (χ1v) is 7.66. The first-order chi connectivity index (χ1) is 11.0. The molecular weight excluding hydrogens is 302 g/mol. The molecule has 0 bridgehead atoms. The van der Waals surface area contributed by atoms with Crippen LogP contribution in [-0.4, -0.2) is 33.0 Å². The Morgan fingerprint density at radius 1 is 1.52 bits per heavy atom. The minimum absolute atomic E-state index is 0.278. The van der Waals surface area contributed by atoms with Gasteiger partial charge in [-0.1, -0.05) is 18.5 Å². The molecule has 1 aromatic rings. The highest BCUT2D eigenvalue weighted by molar-refractivity contribution is 5.04. The number of azide groups is 1. The second-order valence-corrected chi connectivity index (χ2v) is 5.63. The molecule has 0 radical (unpaired) electrons. The summed E-state index contributed by atoms with van der Waals surface area (Å²) in [7, 11) is 0. The zero-order valence-corrected chi connectivity index (χ0v) is 13.3. The van der Waals surface area contributed by atoms with Crippen LogP contribution in [0.3, 0.4) is 0 Å². The standard InChI is InChI=1S/C14H21N5O4/c1-3-4-5-18-13(21)9(2)7-19(14(18)22)12-6-10(16-17-15)11(8-20)23-12/h7,10-12,20H,3-6,8H2,1-2H3/t10-,11+,12+/m0/s1. The normalized spacial score (nSPS) is 23.7. The van der Waals surface area contributed by atoms with Gasteiger partial charge in [0.15, 0.2) is 0 Å². The van der Waals surface area contributed by atoms with E-state index in [9.17, 15) is 14.7 Å². The Morgan fingerprint density at radius 3 is 2.87 bits per heavy atom. The second kappa shape index (κ2) is 7.45. The quantitative estimate of drug-likeness (QED) is 0.478. The lowest BCUT2D eigenvalue weighted by Crippen LogP contribution is -2.42. The predicted molar refractivity (Wildman–Crippen MR) is 83.2 cm³/mol. The van der Waals surface area contributed by atoms with E-state index in [1.165, 1.54) is 15.3 Å². The average Bonchev–Trinajstić information content (AvgIpc) is 2.94. The fourth-order valence-corrected chi connectivity index (χ4v) is 2.72. The Morgan fingerprint density at radius 2 is 2.26 bits per heavy atom. The highest BCUT2D eigenvalue weighted by Crippen LogP contribution is 2.29. The van der Waals surface area contributed by atoms with E-state index in [1.54, 1.807) is 6.92 Å². The van der Waals surface area contributed by atoms with Gasteiger partial charge in [-0.05, 0) is 18.9 Å². The molecule has 1 N–H and O–H groups in total. The Labute approximate surface area is 132 Å². The summed E-state index contributed by atoms with van der Waals surface area (Å²) < 4.78 is 8.18. The van der Waals surface area contributed by atoms with Gasteiger partial charge >= 0.3 is 5.69 Å². The number of aliphatic hydroxyl groups excluding tert-OH is 1. The van der Waals surface area contributed by atoms with Crippen molar-refractivity contribution < 1.29 is 9.84 Å². The molecule has 3 atom stereocenters. The number of aryl methyl sites for hydroxylation is 1. The number of aliphatic hydroxyl groups is 1. The number of ether oxygens (including phenoxy) is 1. The minimum Gasteiger partial charge on any atom is -0.394 e. The maximum atomic E-state index is 12.6. The van der Waals surface area contributed by atoms with Crippen LogP contribution in [0, 0.1) is 6.92 Å². The van der Waals surface area contributed by atoms with Crippen LogP contribution < -0.4 is 11.2 Å². The fourth-order valence-electron chi connectivity index (χ4n) is 2.72. The molecule has 0 spiro atoms. The Bertz CT molecular complexity index is 719. The molecule has 1 aliphatic heterocycles. The number of nitrogens with zero attached hydrogens (tertiary/aromatic N) is 5. The van der Waals surface area contributed by atoms with Crippen molar-refractivity contribution >= 4 is 0 Å². The van der Waals surface area contributed by atoms with Crippen LogP contribution in [0.1, 0.15) is 38.0 Å². The van der Waals surface area contributed by atoms with E-state index < -0.39 is 24.1 Å². The van der Waals surface area contributed by atoms with Crippen molar-refractivity contribution in [3.05, 3.63) is 43.0 Å². The van der Waals surface area contributed by atoms with Crippen molar-refractivity contribution in [1.29, 1.82) is 0 Å². The SMILES string of the molecule is CCCCn1c(=O)c(C)cn([C@H]2C[C@H](N=[N+]=[N-])[C@@H](CO)O2)c1=O. The summed E-state index contributed by atoms with van der Waals surface area (Å²) >= 11 is 0. The molecule has 1 saturated heterocycles. The zero-order valence-electron chi connectivity index (χ0n) is 13.3. The molecule has 9 nitrogen and oxygen atoms in total. The van der Waals surface area contributed by atoms with Gasteiger partial charge in [-0.25, -0.2) is 4.79 Å². The largest absolute Gasteiger partial charge is 0.394 e. The van der Waals surface area contributed by atoms with E-state index in [0.717, 1.165) is 12.8 Å². The van der Waals surface area contributed by atoms with E-state index >= 15 is 0 Å². The van der Waals surface area contributed by atoms with Crippen molar-refractivity contribution in [3.63, 3.8) is 0 Å². The maximum absolute atomic E-state index is 12.6. The zero-order chi connectivity index (χ0) is 17.0. The van der Waals surface area contributed by atoms with Gasteiger partial charge in [0.2, 0.25) is 0 Å². The molecule has 0 unspecified atom stereocenters. The van der Waals surface area contributed by atoms with E-state index in [1.807, 2.05) is 6.92 Å². The third-order valence-electron chi connectivity index (χ3n) is 4.00. The maximum Gasteiger partial charge on any atom is 0.333 e. The summed E-state index contributed by atoms with van der Waals surface area (Å²) in [6.07, 6.45) is 2.02. The van der Waals surface area contributed by atoms with Crippen molar-refractivity contribution in [3.8, 4) is 0 Å². The molecule has 0 aliphatic carbocycles. The summed E-state index contributed by atoms with van der Waals surface area (Å²) in [5.41, 5.74) is 8.27. The summed E-state index contributed by atoms with van der Waals surface area (Å²) in [6, 6.07) is -0.543. The van der Waals surface area contributed by atoms with Crippen LogP contribution in [0.5, 0.6) is 0 Å². The fraction of sp³-hybridized carbons (Fsp3) is 0.714. The number of aromatic nitrogens is 2.